The fraction of sp³-hybridized carbons (Fsp3) is 0.714. The maximum Gasteiger partial charge on any atom is 0.155 e. The quantitative estimate of drug-likeness (QED) is 0.417. The number of aliphatic hydroxyl groups is 1. The predicted molar refractivity (Wildman–Crippen MR) is 113 cm³/mol. The zero-order chi connectivity index (χ0) is 19.4. The maximum absolute atomic E-state index is 11.4. The molecular formula is C21H32O3S2. The van der Waals surface area contributed by atoms with Gasteiger partial charge in [-0.2, -0.15) is 0 Å². The molecule has 2 atom stereocenters. The van der Waals surface area contributed by atoms with Gasteiger partial charge in [-0.3, -0.25) is 0 Å². The minimum absolute atomic E-state index is 0.107. The standard InChI is InChI=1S/C21H32O3S2/c1-7-23-18(4)24-11-9-16(2)8-10-21(22)17(3)14-20(15-19(21,5)6)25-12-13-26-20/h9,14,18,22H,7,11-13,15H2,1-6H3/b16-9-. The molecule has 146 valence electrons. The second kappa shape index (κ2) is 8.75. The summed E-state index contributed by atoms with van der Waals surface area (Å²) >= 11 is 4.00. The summed E-state index contributed by atoms with van der Waals surface area (Å²) < 4.78 is 11.0. The molecule has 3 nitrogen and oxygen atoms in total. The molecular weight excluding hydrogens is 364 g/mol. The zero-order valence-corrected chi connectivity index (χ0v) is 18.5. The lowest BCUT2D eigenvalue weighted by Crippen LogP contribution is -2.51. The van der Waals surface area contributed by atoms with Gasteiger partial charge in [-0.05, 0) is 51.3 Å². The molecule has 1 saturated heterocycles. The molecule has 26 heavy (non-hydrogen) atoms. The fourth-order valence-electron chi connectivity index (χ4n) is 3.52. The Hall–Kier alpha value is -0.380. The topological polar surface area (TPSA) is 38.7 Å². The molecule has 0 aromatic rings. The van der Waals surface area contributed by atoms with Gasteiger partial charge >= 0.3 is 0 Å². The lowest BCUT2D eigenvalue weighted by Gasteiger charge is -2.48. The van der Waals surface area contributed by atoms with Crippen LogP contribution in [0, 0.1) is 17.3 Å². The van der Waals surface area contributed by atoms with Crippen LogP contribution in [0.3, 0.4) is 0 Å². The summed E-state index contributed by atoms with van der Waals surface area (Å²) in [4.78, 5) is 0. The Kier molecular flexibility index (Phi) is 7.38. The third-order valence-electron chi connectivity index (χ3n) is 5.01. The first-order valence-corrected chi connectivity index (χ1v) is 11.2. The Morgan fingerprint density at radius 2 is 2.00 bits per heavy atom. The smallest absolute Gasteiger partial charge is 0.155 e. The summed E-state index contributed by atoms with van der Waals surface area (Å²) in [5.74, 6) is 8.68. The molecule has 1 heterocycles. The average Bonchev–Trinajstić information content (AvgIpc) is 2.98. The first kappa shape index (κ1) is 21.9. The molecule has 0 aromatic heterocycles. The first-order valence-electron chi connectivity index (χ1n) is 9.27. The van der Waals surface area contributed by atoms with Crippen LogP contribution < -0.4 is 0 Å². The molecule has 1 aliphatic heterocycles. The van der Waals surface area contributed by atoms with E-state index in [1.165, 1.54) is 11.5 Å². The fourth-order valence-corrected chi connectivity index (χ4v) is 7.16. The van der Waals surface area contributed by atoms with E-state index in [0.717, 1.165) is 17.6 Å². The van der Waals surface area contributed by atoms with Crippen LogP contribution >= 0.6 is 23.5 Å². The Morgan fingerprint density at radius 1 is 1.35 bits per heavy atom. The molecule has 1 N–H and O–H groups in total. The van der Waals surface area contributed by atoms with Crippen molar-refractivity contribution in [3.05, 3.63) is 23.3 Å². The van der Waals surface area contributed by atoms with Gasteiger partial charge in [0, 0.05) is 23.5 Å². The van der Waals surface area contributed by atoms with Gasteiger partial charge in [0.25, 0.3) is 0 Å². The number of rotatable bonds is 5. The Morgan fingerprint density at radius 3 is 2.58 bits per heavy atom. The van der Waals surface area contributed by atoms with Crippen LogP contribution in [-0.4, -0.2) is 45.8 Å². The molecule has 1 aliphatic carbocycles. The molecule has 0 radical (unpaired) electrons. The van der Waals surface area contributed by atoms with E-state index >= 15 is 0 Å². The summed E-state index contributed by atoms with van der Waals surface area (Å²) in [6.45, 7) is 13.1. The molecule has 1 spiro atoms. The molecule has 5 heteroatoms. The molecule has 0 saturated carbocycles. The van der Waals surface area contributed by atoms with Gasteiger partial charge < -0.3 is 14.6 Å². The minimum Gasteiger partial charge on any atom is -0.373 e. The van der Waals surface area contributed by atoms with Gasteiger partial charge in [0.05, 0.1) is 10.7 Å². The van der Waals surface area contributed by atoms with Crippen molar-refractivity contribution in [3.63, 3.8) is 0 Å². The third kappa shape index (κ3) is 4.91. The minimum atomic E-state index is -1.10. The summed E-state index contributed by atoms with van der Waals surface area (Å²) in [5, 5.41) is 11.4. The number of thioether (sulfide) groups is 2. The molecule has 0 amide bonds. The largest absolute Gasteiger partial charge is 0.373 e. The van der Waals surface area contributed by atoms with Gasteiger partial charge in [-0.25, -0.2) is 0 Å². The summed E-state index contributed by atoms with van der Waals surface area (Å²) in [6.07, 6.45) is 4.89. The second-order valence-electron chi connectivity index (χ2n) is 7.60. The highest BCUT2D eigenvalue weighted by molar-refractivity contribution is 8.21. The van der Waals surface area contributed by atoms with Gasteiger partial charge in [0.2, 0.25) is 0 Å². The van der Waals surface area contributed by atoms with Gasteiger partial charge in [-0.1, -0.05) is 31.8 Å². The van der Waals surface area contributed by atoms with Crippen molar-refractivity contribution in [3.8, 4) is 11.8 Å². The Labute approximate surface area is 167 Å². The SMILES string of the molecule is CCOC(C)OC/C=C(/C)C#CC1(O)C(C)=CC2(CC1(C)C)SCCS2. The van der Waals surface area contributed by atoms with Gasteiger partial charge in [0.1, 0.15) is 0 Å². The van der Waals surface area contributed by atoms with Crippen molar-refractivity contribution >= 4 is 23.5 Å². The summed E-state index contributed by atoms with van der Waals surface area (Å²) in [6, 6.07) is 0. The van der Waals surface area contributed by atoms with Gasteiger partial charge in [0.15, 0.2) is 11.9 Å². The van der Waals surface area contributed by atoms with Crippen LogP contribution in [0.25, 0.3) is 0 Å². The summed E-state index contributed by atoms with van der Waals surface area (Å²) in [7, 11) is 0. The number of hydrogen-bond donors (Lipinski definition) is 1. The summed E-state index contributed by atoms with van der Waals surface area (Å²) in [5.41, 5.74) is 0.466. The third-order valence-corrected chi connectivity index (χ3v) is 8.30. The van der Waals surface area contributed by atoms with Crippen LogP contribution in [0.2, 0.25) is 0 Å². The number of allylic oxidation sites excluding steroid dienone is 1. The van der Waals surface area contributed by atoms with Gasteiger partial charge in [-0.15, -0.1) is 23.5 Å². The number of ether oxygens (including phenoxy) is 2. The van der Waals surface area contributed by atoms with E-state index in [0.29, 0.717) is 13.2 Å². The second-order valence-corrected chi connectivity index (χ2v) is 10.7. The number of hydrogen-bond acceptors (Lipinski definition) is 5. The predicted octanol–water partition coefficient (Wildman–Crippen LogP) is 4.62. The van der Waals surface area contributed by atoms with Crippen LogP contribution in [0.5, 0.6) is 0 Å². The van der Waals surface area contributed by atoms with Crippen molar-refractivity contribution < 1.29 is 14.6 Å². The lowest BCUT2D eigenvalue weighted by atomic mass is 9.65. The van der Waals surface area contributed by atoms with Crippen molar-refractivity contribution in [1.29, 1.82) is 0 Å². The van der Waals surface area contributed by atoms with Crippen LogP contribution in [0.1, 0.15) is 48.0 Å². The van der Waals surface area contributed by atoms with E-state index < -0.39 is 5.60 Å². The molecule has 0 bridgehead atoms. The zero-order valence-electron chi connectivity index (χ0n) is 16.8. The highest BCUT2D eigenvalue weighted by Crippen LogP contribution is 2.58. The molecule has 1 fully saturated rings. The highest BCUT2D eigenvalue weighted by Gasteiger charge is 2.53. The van der Waals surface area contributed by atoms with Crippen molar-refractivity contribution in [2.45, 2.75) is 63.9 Å². The van der Waals surface area contributed by atoms with E-state index in [-0.39, 0.29) is 15.8 Å². The Balaban J connectivity index is 2.13. The maximum atomic E-state index is 11.4. The van der Waals surface area contributed by atoms with Crippen molar-refractivity contribution in [2.75, 3.05) is 24.7 Å². The average molecular weight is 397 g/mol. The van der Waals surface area contributed by atoms with E-state index in [1.807, 2.05) is 57.3 Å². The molecule has 2 aliphatic rings. The van der Waals surface area contributed by atoms with Crippen LogP contribution in [-0.2, 0) is 9.47 Å². The first-order chi connectivity index (χ1) is 12.1. The van der Waals surface area contributed by atoms with E-state index in [2.05, 4.69) is 31.8 Å². The van der Waals surface area contributed by atoms with Crippen molar-refractivity contribution in [2.24, 2.45) is 5.41 Å². The van der Waals surface area contributed by atoms with Crippen LogP contribution in [0.4, 0.5) is 0 Å². The van der Waals surface area contributed by atoms with Crippen molar-refractivity contribution in [1.82, 2.24) is 0 Å². The van der Waals surface area contributed by atoms with E-state index in [1.54, 1.807) is 0 Å². The lowest BCUT2D eigenvalue weighted by molar-refractivity contribution is -0.118. The van der Waals surface area contributed by atoms with Crippen LogP contribution in [0.15, 0.2) is 23.3 Å². The normalized spacial score (nSPS) is 28.4. The van der Waals surface area contributed by atoms with E-state index in [4.69, 9.17) is 9.47 Å². The molecule has 0 aromatic carbocycles. The molecule has 2 rings (SSSR count). The highest BCUT2D eigenvalue weighted by atomic mass is 32.2. The Bertz CT molecular complexity index is 621. The molecule has 2 unspecified atom stereocenters. The monoisotopic (exact) mass is 396 g/mol. The van der Waals surface area contributed by atoms with E-state index in [9.17, 15) is 5.11 Å².